The van der Waals surface area contributed by atoms with Crippen molar-refractivity contribution in [3.05, 3.63) is 82.3 Å². The summed E-state index contributed by atoms with van der Waals surface area (Å²) in [6, 6.07) is 20.5. The van der Waals surface area contributed by atoms with E-state index >= 15 is 0 Å². The van der Waals surface area contributed by atoms with Gasteiger partial charge in [0.25, 0.3) is 5.91 Å². The minimum atomic E-state index is -0.263. The number of nitrogens with zero attached hydrogens (tertiary/aromatic N) is 1. The highest BCUT2D eigenvalue weighted by Crippen LogP contribution is 2.30. The zero-order chi connectivity index (χ0) is 20.4. The van der Waals surface area contributed by atoms with E-state index in [2.05, 4.69) is 31.5 Å². The van der Waals surface area contributed by atoms with Gasteiger partial charge < -0.3 is 9.73 Å². The van der Waals surface area contributed by atoms with Gasteiger partial charge in [-0.15, -0.1) is 0 Å². The Bertz CT molecular complexity index is 1220. The minimum Gasteiger partial charge on any atom is -0.436 e. The summed E-state index contributed by atoms with van der Waals surface area (Å²) in [5.41, 5.74) is 4.57. The molecule has 29 heavy (non-hydrogen) atoms. The van der Waals surface area contributed by atoms with E-state index in [0.717, 1.165) is 15.6 Å². The Morgan fingerprint density at radius 2 is 1.83 bits per heavy atom. The zero-order valence-corrected chi connectivity index (χ0v) is 17.8. The van der Waals surface area contributed by atoms with E-state index in [0.29, 0.717) is 28.2 Å². The summed E-state index contributed by atoms with van der Waals surface area (Å²) in [5.74, 6) is 0.265. The van der Waals surface area contributed by atoms with Crippen LogP contribution in [0.5, 0.6) is 0 Å². The van der Waals surface area contributed by atoms with E-state index in [-0.39, 0.29) is 11.0 Å². The first-order valence-electron chi connectivity index (χ1n) is 8.84. The molecular formula is C22H16BrN3O2S. The van der Waals surface area contributed by atoms with Crippen LogP contribution in [0.25, 0.3) is 22.6 Å². The number of anilines is 1. The number of rotatable bonds is 3. The second kappa shape index (κ2) is 8.14. The first-order chi connectivity index (χ1) is 14.0. The van der Waals surface area contributed by atoms with Crippen molar-refractivity contribution in [2.75, 3.05) is 5.32 Å². The van der Waals surface area contributed by atoms with E-state index in [1.165, 1.54) is 0 Å². The first-order valence-corrected chi connectivity index (χ1v) is 10.0. The number of aryl methyl sites for hydroxylation is 1. The number of aromatic nitrogens is 1. The molecule has 4 rings (SSSR count). The Morgan fingerprint density at radius 1 is 1.07 bits per heavy atom. The van der Waals surface area contributed by atoms with Crippen LogP contribution in [0.3, 0.4) is 0 Å². The number of thiocarbonyl (C=S) groups is 1. The largest absolute Gasteiger partial charge is 0.436 e. The highest BCUT2D eigenvalue weighted by molar-refractivity contribution is 9.10. The molecule has 3 aromatic carbocycles. The average molecular weight is 466 g/mol. The number of amides is 1. The van der Waals surface area contributed by atoms with Crippen molar-refractivity contribution in [2.45, 2.75) is 6.92 Å². The molecule has 0 aliphatic rings. The normalized spacial score (nSPS) is 10.7. The number of hydrogen-bond acceptors (Lipinski definition) is 4. The third-order valence-electron chi connectivity index (χ3n) is 4.29. The number of oxazole rings is 1. The SMILES string of the molecule is Cc1ccc(C(=O)NC(=S)Nc2ccc3oc(-c4ccccc4Br)nc3c2)cc1. The van der Waals surface area contributed by atoms with Gasteiger partial charge in [0.2, 0.25) is 5.89 Å². The van der Waals surface area contributed by atoms with E-state index in [9.17, 15) is 4.79 Å². The van der Waals surface area contributed by atoms with E-state index < -0.39 is 0 Å². The fourth-order valence-electron chi connectivity index (χ4n) is 2.80. The van der Waals surface area contributed by atoms with Crippen LogP contribution in [0.4, 0.5) is 5.69 Å². The van der Waals surface area contributed by atoms with Crippen LogP contribution in [-0.4, -0.2) is 16.0 Å². The quantitative estimate of drug-likeness (QED) is 0.380. The molecule has 5 nitrogen and oxygen atoms in total. The molecule has 7 heteroatoms. The van der Waals surface area contributed by atoms with Crippen LogP contribution in [0.2, 0.25) is 0 Å². The second-order valence-electron chi connectivity index (χ2n) is 6.46. The lowest BCUT2D eigenvalue weighted by Gasteiger charge is -2.09. The highest BCUT2D eigenvalue weighted by atomic mass is 79.9. The Hall–Kier alpha value is -3.03. The van der Waals surface area contributed by atoms with Crippen LogP contribution in [-0.2, 0) is 0 Å². The van der Waals surface area contributed by atoms with E-state index in [1.54, 1.807) is 12.1 Å². The van der Waals surface area contributed by atoms with Gasteiger partial charge in [0.05, 0.1) is 5.56 Å². The second-order valence-corrected chi connectivity index (χ2v) is 7.72. The third kappa shape index (κ3) is 4.36. The lowest BCUT2D eigenvalue weighted by molar-refractivity contribution is 0.0977. The molecule has 2 N–H and O–H groups in total. The topological polar surface area (TPSA) is 67.2 Å². The summed E-state index contributed by atoms with van der Waals surface area (Å²) in [6.07, 6.45) is 0. The number of halogens is 1. The number of carbonyl (C=O) groups excluding carboxylic acids is 1. The first kappa shape index (κ1) is 19.3. The molecular weight excluding hydrogens is 450 g/mol. The number of fused-ring (bicyclic) bond motifs is 1. The summed E-state index contributed by atoms with van der Waals surface area (Å²) in [6.45, 7) is 1.97. The van der Waals surface area contributed by atoms with Gasteiger partial charge in [-0.3, -0.25) is 10.1 Å². The molecule has 0 aliphatic carbocycles. The molecule has 0 spiro atoms. The maximum Gasteiger partial charge on any atom is 0.257 e. The molecule has 1 aromatic heterocycles. The molecule has 0 radical (unpaired) electrons. The van der Waals surface area contributed by atoms with Crippen molar-refractivity contribution in [3.63, 3.8) is 0 Å². The molecule has 0 atom stereocenters. The van der Waals surface area contributed by atoms with Gasteiger partial charge in [0.15, 0.2) is 10.7 Å². The summed E-state index contributed by atoms with van der Waals surface area (Å²) >= 11 is 8.78. The molecule has 0 bridgehead atoms. The summed E-state index contributed by atoms with van der Waals surface area (Å²) in [4.78, 5) is 16.9. The van der Waals surface area contributed by atoms with Crippen molar-refractivity contribution in [1.82, 2.24) is 10.3 Å². The number of carbonyl (C=O) groups is 1. The van der Waals surface area contributed by atoms with Crippen LogP contribution in [0, 0.1) is 6.92 Å². The van der Waals surface area contributed by atoms with Crippen LogP contribution < -0.4 is 10.6 Å². The molecule has 1 amide bonds. The molecule has 0 saturated heterocycles. The zero-order valence-electron chi connectivity index (χ0n) is 15.4. The van der Waals surface area contributed by atoms with Crippen molar-refractivity contribution >= 4 is 56.0 Å². The van der Waals surface area contributed by atoms with Crippen LogP contribution >= 0.6 is 28.1 Å². The lowest BCUT2D eigenvalue weighted by atomic mass is 10.1. The van der Waals surface area contributed by atoms with Crippen molar-refractivity contribution < 1.29 is 9.21 Å². The number of hydrogen-bond donors (Lipinski definition) is 2. The monoisotopic (exact) mass is 465 g/mol. The van der Waals surface area contributed by atoms with Gasteiger partial charge in [0.1, 0.15) is 5.52 Å². The number of nitrogens with one attached hydrogen (secondary N) is 2. The molecule has 0 saturated carbocycles. The van der Waals surface area contributed by atoms with Gasteiger partial charge in [-0.1, -0.05) is 29.8 Å². The fraction of sp³-hybridized carbons (Fsp3) is 0.0455. The minimum absolute atomic E-state index is 0.212. The van der Waals surface area contributed by atoms with Crippen LogP contribution in [0.1, 0.15) is 15.9 Å². The van der Waals surface area contributed by atoms with Gasteiger partial charge >= 0.3 is 0 Å². The Labute approximate surface area is 181 Å². The maximum atomic E-state index is 12.3. The molecule has 1 heterocycles. The highest BCUT2D eigenvalue weighted by Gasteiger charge is 2.12. The summed E-state index contributed by atoms with van der Waals surface area (Å²) in [7, 11) is 0. The summed E-state index contributed by atoms with van der Waals surface area (Å²) in [5, 5.41) is 5.91. The van der Waals surface area contributed by atoms with Gasteiger partial charge in [-0.2, -0.15) is 0 Å². The smallest absolute Gasteiger partial charge is 0.257 e. The molecule has 0 aliphatic heterocycles. The molecule has 144 valence electrons. The third-order valence-corrected chi connectivity index (χ3v) is 5.19. The van der Waals surface area contributed by atoms with Crippen LogP contribution in [0.15, 0.2) is 75.6 Å². The Morgan fingerprint density at radius 3 is 2.59 bits per heavy atom. The fourth-order valence-corrected chi connectivity index (χ4v) is 3.46. The maximum absolute atomic E-state index is 12.3. The summed E-state index contributed by atoms with van der Waals surface area (Å²) < 4.78 is 6.76. The van der Waals surface area contributed by atoms with Crippen molar-refractivity contribution in [2.24, 2.45) is 0 Å². The Balaban J connectivity index is 1.49. The number of benzene rings is 3. The van der Waals surface area contributed by atoms with E-state index in [1.807, 2.05) is 61.5 Å². The predicted octanol–water partition coefficient (Wildman–Crippen LogP) is 5.69. The molecule has 0 fully saturated rings. The lowest BCUT2D eigenvalue weighted by Crippen LogP contribution is -2.34. The molecule has 4 aromatic rings. The van der Waals surface area contributed by atoms with Crippen molar-refractivity contribution in [3.8, 4) is 11.5 Å². The Kier molecular flexibility index (Phi) is 5.42. The average Bonchev–Trinajstić information content (AvgIpc) is 3.11. The van der Waals surface area contributed by atoms with Gasteiger partial charge in [-0.25, -0.2) is 4.98 Å². The van der Waals surface area contributed by atoms with Crippen molar-refractivity contribution in [1.29, 1.82) is 0 Å². The standard InChI is InChI=1S/C22H16BrN3O2S/c1-13-6-8-14(9-7-13)20(27)26-22(29)24-15-10-11-19-18(12-15)25-21(28-19)16-4-2-3-5-17(16)23/h2-12H,1H3,(H2,24,26,27,29). The predicted molar refractivity (Wildman–Crippen MR) is 122 cm³/mol. The van der Waals surface area contributed by atoms with Gasteiger partial charge in [-0.05, 0) is 77.5 Å². The molecule has 0 unspecified atom stereocenters. The van der Waals surface area contributed by atoms with Gasteiger partial charge in [0, 0.05) is 15.7 Å². The van der Waals surface area contributed by atoms with E-state index in [4.69, 9.17) is 16.6 Å².